The Morgan fingerprint density at radius 1 is 1.43 bits per heavy atom. The summed E-state index contributed by atoms with van der Waals surface area (Å²) >= 11 is 0. The van der Waals surface area contributed by atoms with Crippen LogP contribution in [0.3, 0.4) is 0 Å². The molecule has 1 aromatic rings. The summed E-state index contributed by atoms with van der Waals surface area (Å²) in [5.41, 5.74) is 3.88. The molecule has 0 aliphatic carbocycles. The van der Waals surface area contributed by atoms with Crippen molar-refractivity contribution in [2.45, 2.75) is 13.5 Å². The van der Waals surface area contributed by atoms with Gasteiger partial charge >= 0.3 is 6.09 Å². The van der Waals surface area contributed by atoms with Crippen molar-refractivity contribution in [2.75, 3.05) is 6.54 Å². The number of nitrogens with zero attached hydrogens (tertiary/aromatic N) is 1. The second-order valence-corrected chi connectivity index (χ2v) is 2.85. The topological polar surface area (TPSA) is 52.6 Å². The normalized spacial score (nSPS) is 9.79. The fraction of sp³-hybridized carbons (Fsp3) is 0.300. The van der Waals surface area contributed by atoms with Gasteiger partial charge in [-0.25, -0.2) is 15.2 Å². The minimum absolute atomic E-state index is 0.433. The first kappa shape index (κ1) is 10.5. The van der Waals surface area contributed by atoms with E-state index in [0.29, 0.717) is 13.1 Å². The van der Waals surface area contributed by atoms with Gasteiger partial charge in [-0.1, -0.05) is 30.3 Å². The van der Waals surface area contributed by atoms with Crippen molar-refractivity contribution >= 4 is 6.09 Å². The number of carboxylic acid groups (broad SMARTS) is 1. The maximum absolute atomic E-state index is 10.6. The highest BCUT2D eigenvalue weighted by Crippen LogP contribution is 1.97. The van der Waals surface area contributed by atoms with Crippen LogP contribution in [-0.4, -0.2) is 22.8 Å². The van der Waals surface area contributed by atoms with E-state index in [1.54, 1.807) is 6.92 Å². The van der Waals surface area contributed by atoms with E-state index in [1.807, 2.05) is 30.3 Å². The third-order valence-corrected chi connectivity index (χ3v) is 1.86. The van der Waals surface area contributed by atoms with Crippen LogP contribution in [0.4, 0.5) is 4.79 Å². The van der Waals surface area contributed by atoms with Gasteiger partial charge in [-0.2, -0.15) is 0 Å². The number of nitrogens with one attached hydrogen (secondary N) is 1. The summed E-state index contributed by atoms with van der Waals surface area (Å²) in [6.07, 6.45) is -0.955. The molecule has 14 heavy (non-hydrogen) atoms. The first-order chi connectivity index (χ1) is 6.74. The van der Waals surface area contributed by atoms with Crippen molar-refractivity contribution in [3.8, 4) is 0 Å². The molecule has 0 spiro atoms. The van der Waals surface area contributed by atoms with Crippen LogP contribution < -0.4 is 5.43 Å². The van der Waals surface area contributed by atoms with Gasteiger partial charge in [0, 0.05) is 13.1 Å². The molecule has 2 N–H and O–H groups in total. The molecule has 0 aliphatic heterocycles. The van der Waals surface area contributed by atoms with Crippen molar-refractivity contribution in [1.29, 1.82) is 0 Å². The van der Waals surface area contributed by atoms with E-state index in [1.165, 1.54) is 0 Å². The molecule has 0 saturated carbocycles. The molecule has 4 nitrogen and oxygen atoms in total. The number of hydrogen-bond acceptors (Lipinski definition) is 2. The van der Waals surface area contributed by atoms with E-state index in [9.17, 15) is 4.79 Å². The molecule has 1 amide bonds. The van der Waals surface area contributed by atoms with E-state index < -0.39 is 6.09 Å². The number of benzene rings is 1. The van der Waals surface area contributed by atoms with E-state index in [2.05, 4.69) is 5.43 Å². The molecular weight excluding hydrogens is 180 g/mol. The Labute approximate surface area is 83.1 Å². The summed E-state index contributed by atoms with van der Waals surface area (Å²) in [6.45, 7) is 2.75. The van der Waals surface area contributed by atoms with Gasteiger partial charge < -0.3 is 5.11 Å². The minimum atomic E-state index is -0.955. The number of carbonyl (C=O) groups is 1. The van der Waals surface area contributed by atoms with Gasteiger partial charge in [0.15, 0.2) is 0 Å². The lowest BCUT2D eigenvalue weighted by molar-refractivity contribution is 0.122. The maximum Gasteiger partial charge on any atom is 0.421 e. The van der Waals surface area contributed by atoms with Gasteiger partial charge in [-0.05, 0) is 12.5 Å². The van der Waals surface area contributed by atoms with Crippen molar-refractivity contribution in [1.82, 2.24) is 10.4 Å². The fourth-order valence-electron chi connectivity index (χ4n) is 1.10. The van der Waals surface area contributed by atoms with Crippen LogP contribution in [0.1, 0.15) is 12.5 Å². The average molecular weight is 194 g/mol. The molecular formula is C10H14N2O2. The predicted octanol–water partition coefficient (Wildman–Crippen LogP) is 1.69. The molecule has 0 saturated heterocycles. The lowest BCUT2D eigenvalue weighted by Crippen LogP contribution is -2.41. The molecule has 0 aromatic heterocycles. The summed E-state index contributed by atoms with van der Waals surface area (Å²) in [6, 6.07) is 9.67. The first-order valence-corrected chi connectivity index (χ1v) is 4.52. The molecule has 0 radical (unpaired) electrons. The third-order valence-electron chi connectivity index (χ3n) is 1.86. The van der Waals surface area contributed by atoms with Crippen LogP contribution in [0.5, 0.6) is 0 Å². The number of hydrogen-bond donors (Lipinski definition) is 2. The van der Waals surface area contributed by atoms with Gasteiger partial charge in [0.25, 0.3) is 0 Å². The molecule has 0 unspecified atom stereocenters. The Morgan fingerprint density at radius 2 is 2.07 bits per heavy atom. The zero-order valence-electron chi connectivity index (χ0n) is 8.10. The van der Waals surface area contributed by atoms with E-state index in [4.69, 9.17) is 5.11 Å². The van der Waals surface area contributed by atoms with Crippen molar-refractivity contribution in [3.63, 3.8) is 0 Å². The summed E-state index contributed by atoms with van der Waals surface area (Å²) < 4.78 is 0. The van der Waals surface area contributed by atoms with Crippen molar-refractivity contribution in [3.05, 3.63) is 35.9 Å². The second-order valence-electron chi connectivity index (χ2n) is 2.85. The Balaban J connectivity index is 2.44. The van der Waals surface area contributed by atoms with Crippen LogP contribution in [0, 0.1) is 0 Å². The van der Waals surface area contributed by atoms with Crippen molar-refractivity contribution in [2.24, 2.45) is 0 Å². The summed E-state index contributed by atoms with van der Waals surface area (Å²) in [4.78, 5) is 10.6. The highest BCUT2D eigenvalue weighted by molar-refractivity contribution is 5.64. The molecule has 0 atom stereocenters. The zero-order valence-corrected chi connectivity index (χ0v) is 8.10. The second kappa shape index (κ2) is 5.24. The molecule has 4 heteroatoms. The Morgan fingerprint density at radius 3 is 2.57 bits per heavy atom. The van der Waals surface area contributed by atoms with E-state index in [0.717, 1.165) is 10.6 Å². The van der Waals surface area contributed by atoms with Crippen LogP contribution in [0.15, 0.2) is 30.3 Å². The summed E-state index contributed by atoms with van der Waals surface area (Å²) in [7, 11) is 0. The predicted molar refractivity (Wildman–Crippen MR) is 53.7 cm³/mol. The maximum atomic E-state index is 10.6. The third kappa shape index (κ3) is 3.06. The molecule has 76 valence electrons. The van der Waals surface area contributed by atoms with Crippen LogP contribution in [0.2, 0.25) is 0 Å². The van der Waals surface area contributed by atoms with E-state index >= 15 is 0 Å². The average Bonchev–Trinajstić information content (AvgIpc) is 2.20. The van der Waals surface area contributed by atoms with Crippen LogP contribution in [0.25, 0.3) is 0 Å². The Hall–Kier alpha value is -1.55. The van der Waals surface area contributed by atoms with Gasteiger partial charge in [-0.3, -0.25) is 0 Å². The highest BCUT2D eigenvalue weighted by Gasteiger charge is 2.07. The molecule has 0 bridgehead atoms. The van der Waals surface area contributed by atoms with Crippen LogP contribution >= 0.6 is 0 Å². The van der Waals surface area contributed by atoms with E-state index in [-0.39, 0.29) is 0 Å². The summed E-state index contributed by atoms with van der Waals surface area (Å²) in [5.74, 6) is 0. The molecule has 0 heterocycles. The fourth-order valence-corrected chi connectivity index (χ4v) is 1.10. The van der Waals surface area contributed by atoms with Gasteiger partial charge in [-0.15, -0.1) is 0 Å². The number of amides is 1. The minimum Gasteiger partial charge on any atom is -0.464 e. The number of hydrazine groups is 1. The molecule has 0 fully saturated rings. The lowest BCUT2D eigenvalue weighted by atomic mass is 10.2. The van der Waals surface area contributed by atoms with Crippen molar-refractivity contribution < 1.29 is 9.90 Å². The lowest BCUT2D eigenvalue weighted by Gasteiger charge is -2.17. The summed E-state index contributed by atoms with van der Waals surface area (Å²) in [5, 5.41) is 9.87. The smallest absolute Gasteiger partial charge is 0.421 e. The standard InChI is InChI=1S/C10H14N2O2/c1-2-12(10(13)14)11-8-9-6-4-3-5-7-9/h3-7,11H,2,8H2,1H3,(H,13,14). The number of rotatable bonds is 4. The monoisotopic (exact) mass is 194 g/mol. The highest BCUT2D eigenvalue weighted by atomic mass is 16.4. The molecule has 0 aliphatic rings. The Bertz CT molecular complexity index is 287. The van der Waals surface area contributed by atoms with Gasteiger partial charge in [0.1, 0.15) is 0 Å². The van der Waals surface area contributed by atoms with Gasteiger partial charge in [0.05, 0.1) is 0 Å². The molecule has 1 rings (SSSR count). The zero-order chi connectivity index (χ0) is 10.4. The SMILES string of the molecule is CCN(NCc1ccccc1)C(=O)O. The first-order valence-electron chi connectivity index (χ1n) is 4.52. The molecule has 1 aromatic carbocycles. The van der Waals surface area contributed by atoms with Gasteiger partial charge in [0.2, 0.25) is 0 Å². The Kier molecular flexibility index (Phi) is 3.94. The largest absolute Gasteiger partial charge is 0.464 e. The van der Waals surface area contributed by atoms with Crippen LogP contribution in [-0.2, 0) is 6.54 Å². The quantitative estimate of drug-likeness (QED) is 0.717.